The molecule has 0 N–H and O–H groups in total. The summed E-state index contributed by atoms with van der Waals surface area (Å²) in [6.07, 6.45) is 3.76. The minimum Gasteiger partial charge on any atom is -0.186 e. The molecule has 0 aliphatic carbocycles. The molecule has 2 nitrogen and oxygen atoms in total. The van der Waals surface area contributed by atoms with Crippen LogP contribution in [0.5, 0.6) is 0 Å². The molecule has 2 heterocycles. The Morgan fingerprint density at radius 1 is 0.640 bits per heavy atom. The highest BCUT2D eigenvalue weighted by molar-refractivity contribution is 7.18. The standard InChI is InChI=1S/C21H24N2S2/c1-16-22(18-10-4-6-12-20(18)24-16)14-8-3-9-15-23-17(2)25-21-13-7-5-11-19(21)23/h4-7,10-13H,3,8-9,14-15H2,1-2H3/q+2. The molecule has 128 valence electrons. The van der Waals surface area contributed by atoms with Crippen molar-refractivity contribution in [2.24, 2.45) is 0 Å². The fraction of sp³-hybridized carbons (Fsp3) is 0.333. The fourth-order valence-electron chi connectivity index (χ4n) is 3.57. The molecule has 4 aromatic rings. The van der Waals surface area contributed by atoms with E-state index in [2.05, 4.69) is 71.5 Å². The van der Waals surface area contributed by atoms with E-state index in [1.165, 1.54) is 49.7 Å². The van der Waals surface area contributed by atoms with Crippen molar-refractivity contribution in [3.8, 4) is 0 Å². The molecule has 4 rings (SSSR count). The van der Waals surface area contributed by atoms with Crippen LogP contribution in [0.15, 0.2) is 48.5 Å². The molecule has 0 aliphatic heterocycles. The Hall–Kier alpha value is -1.78. The van der Waals surface area contributed by atoms with Gasteiger partial charge in [0.2, 0.25) is 21.0 Å². The molecule has 0 fully saturated rings. The summed E-state index contributed by atoms with van der Waals surface area (Å²) in [5.74, 6) is 0. The van der Waals surface area contributed by atoms with Crippen molar-refractivity contribution in [3.63, 3.8) is 0 Å². The van der Waals surface area contributed by atoms with E-state index in [-0.39, 0.29) is 0 Å². The zero-order valence-electron chi connectivity index (χ0n) is 14.9. The van der Waals surface area contributed by atoms with E-state index in [9.17, 15) is 0 Å². The number of aryl methyl sites for hydroxylation is 4. The van der Waals surface area contributed by atoms with E-state index in [4.69, 9.17) is 0 Å². The maximum Gasteiger partial charge on any atom is 0.235 e. The van der Waals surface area contributed by atoms with E-state index in [0.29, 0.717) is 0 Å². The molecule has 0 aliphatic rings. The lowest BCUT2D eigenvalue weighted by atomic mass is 10.2. The summed E-state index contributed by atoms with van der Waals surface area (Å²) in [4.78, 5) is 0. The van der Waals surface area contributed by atoms with Gasteiger partial charge >= 0.3 is 0 Å². The second-order valence-corrected chi connectivity index (χ2v) is 9.01. The molecule has 4 heteroatoms. The van der Waals surface area contributed by atoms with Gasteiger partial charge in [0.25, 0.3) is 0 Å². The molecule has 0 atom stereocenters. The predicted octanol–water partition coefficient (Wildman–Crippen LogP) is 5.18. The summed E-state index contributed by atoms with van der Waals surface area (Å²) >= 11 is 3.81. The van der Waals surface area contributed by atoms with Gasteiger partial charge in [0.05, 0.1) is 0 Å². The number of aromatic nitrogens is 2. The maximum absolute atomic E-state index is 2.48. The van der Waals surface area contributed by atoms with Crippen LogP contribution in [-0.4, -0.2) is 0 Å². The van der Waals surface area contributed by atoms with Crippen molar-refractivity contribution in [1.82, 2.24) is 0 Å². The molecule has 0 saturated carbocycles. The Balaban J connectivity index is 1.36. The van der Waals surface area contributed by atoms with Crippen LogP contribution >= 0.6 is 22.7 Å². The summed E-state index contributed by atoms with van der Waals surface area (Å²) in [5.41, 5.74) is 2.78. The monoisotopic (exact) mass is 368 g/mol. The highest BCUT2D eigenvalue weighted by Crippen LogP contribution is 2.20. The number of hydrogen-bond acceptors (Lipinski definition) is 2. The number of nitrogens with zero attached hydrogens (tertiary/aromatic N) is 2. The highest BCUT2D eigenvalue weighted by atomic mass is 32.1. The Kier molecular flexibility index (Phi) is 4.82. The summed E-state index contributed by atoms with van der Waals surface area (Å²) in [7, 11) is 0. The number of benzene rings is 2. The number of thiazole rings is 2. The van der Waals surface area contributed by atoms with Gasteiger partial charge in [-0.25, -0.2) is 0 Å². The predicted molar refractivity (Wildman–Crippen MR) is 107 cm³/mol. The SMILES string of the molecule is Cc1sc2ccccc2[n+]1CCCCC[n+]1c(C)sc2ccccc21. The van der Waals surface area contributed by atoms with Crippen molar-refractivity contribution in [1.29, 1.82) is 0 Å². The van der Waals surface area contributed by atoms with Gasteiger partial charge in [-0.15, -0.1) is 0 Å². The second-order valence-electron chi connectivity index (χ2n) is 6.54. The van der Waals surface area contributed by atoms with E-state index in [1.807, 2.05) is 22.7 Å². The molecule has 2 aromatic heterocycles. The van der Waals surface area contributed by atoms with Gasteiger partial charge in [-0.1, -0.05) is 46.9 Å². The first-order valence-corrected chi connectivity index (χ1v) is 10.6. The first-order chi connectivity index (χ1) is 12.2. The number of unbranched alkanes of at least 4 members (excludes halogenated alkanes) is 2. The average molecular weight is 369 g/mol. The van der Waals surface area contributed by atoms with E-state index < -0.39 is 0 Å². The van der Waals surface area contributed by atoms with Gasteiger partial charge in [0.1, 0.15) is 22.5 Å². The van der Waals surface area contributed by atoms with Crippen molar-refractivity contribution < 1.29 is 9.13 Å². The smallest absolute Gasteiger partial charge is 0.186 e. The van der Waals surface area contributed by atoms with E-state index in [1.54, 1.807) is 0 Å². The molecule has 0 radical (unpaired) electrons. The van der Waals surface area contributed by atoms with Gasteiger partial charge in [-0.3, -0.25) is 0 Å². The summed E-state index contributed by atoms with van der Waals surface area (Å²) in [6.45, 7) is 6.73. The molecule has 0 amide bonds. The molecule has 2 aromatic carbocycles. The van der Waals surface area contributed by atoms with E-state index in [0.717, 1.165) is 13.1 Å². The maximum atomic E-state index is 2.48. The minimum absolute atomic E-state index is 1.13. The number of hydrogen-bond donors (Lipinski definition) is 0. The van der Waals surface area contributed by atoms with Crippen LogP contribution in [0.4, 0.5) is 0 Å². The van der Waals surface area contributed by atoms with Gasteiger partial charge in [0, 0.05) is 38.8 Å². The third-order valence-corrected chi connectivity index (χ3v) is 7.01. The largest absolute Gasteiger partial charge is 0.235 e. The summed E-state index contributed by atoms with van der Waals surface area (Å²) < 4.78 is 7.77. The molecule has 0 bridgehead atoms. The quantitative estimate of drug-likeness (QED) is 0.327. The van der Waals surface area contributed by atoms with Crippen LogP contribution in [-0.2, 0) is 13.1 Å². The first kappa shape index (κ1) is 16.7. The molecule has 0 unspecified atom stereocenters. The van der Waals surface area contributed by atoms with Gasteiger partial charge < -0.3 is 0 Å². The molecule has 0 spiro atoms. The minimum atomic E-state index is 1.13. The first-order valence-electron chi connectivity index (χ1n) is 9.00. The zero-order valence-corrected chi connectivity index (χ0v) is 16.5. The second kappa shape index (κ2) is 7.22. The van der Waals surface area contributed by atoms with Crippen LogP contribution in [0, 0.1) is 13.8 Å². The van der Waals surface area contributed by atoms with E-state index >= 15 is 0 Å². The van der Waals surface area contributed by atoms with Gasteiger partial charge in [-0.05, 0) is 18.6 Å². The number of rotatable bonds is 6. The lowest BCUT2D eigenvalue weighted by Gasteiger charge is -1.99. The highest BCUT2D eigenvalue weighted by Gasteiger charge is 2.17. The fourth-order valence-corrected chi connectivity index (χ4v) is 5.67. The van der Waals surface area contributed by atoms with Gasteiger partial charge in [-0.2, -0.15) is 9.13 Å². The van der Waals surface area contributed by atoms with Crippen LogP contribution in [0.25, 0.3) is 20.4 Å². The van der Waals surface area contributed by atoms with Crippen LogP contribution in [0.1, 0.15) is 29.3 Å². The molecular weight excluding hydrogens is 344 g/mol. The summed E-state index contributed by atoms with van der Waals surface area (Å²) in [5, 5.41) is 2.82. The van der Waals surface area contributed by atoms with Gasteiger partial charge in [0.15, 0.2) is 0 Å². The lowest BCUT2D eigenvalue weighted by molar-refractivity contribution is -0.677. The number of para-hydroxylation sites is 2. The normalized spacial score (nSPS) is 11.6. The summed E-state index contributed by atoms with van der Waals surface area (Å²) in [6, 6.07) is 17.5. The Labute approximate surface area is 157 Å². The Bertz CT molecular complexity index is 931. The van der Waals surface area contributed by atoms with Crippen LogP contribution < -0.4 is 9.13 Å². The third kappa shape index (κ3) is 3.33. The van der Waals surface area contributed by atoms with Crippen molar-refractivity contribution in [2.75, 3.05) is 0 Å². The Morgan fingerprint density at radius 3 is 1.56 bits per heavy atom. The topological polar surface area (TPSA) is 7.76 Å². The zero-order chi connectivity index (χ0) is 17.2. The van der Waals surface area contributed by atoms with Crippen molar-refractivity contribution >= 4 is 43.1 Å². The third-order valence-electron chi connectivity index (χ3n) is 4.85. The molecular formula is C21H24N2S2+2. The molecule has 0 saturated heterocycles. The average Bonchev–Trinajstić information content (AvgIpc) is 3.11. The van der Waals surface area contributed by atoms with Crippen molar-refractivity contribution in [2.45, 2.75) is 46.2 Å². The van der Waals surface area contributed by atoms with Crippen molar-refractivity contribution in [3.05, 3.63) is 58.5 Å². The Morgan fingerprint density at radius 2 is 1.08 bits per heavy atom. The van der Waals surface area contributed by atoms with Crippen LogP contribution in [0.2, 0.25) is 0 Å². The molecule has 25 heavy (non-hydrogen) atoms. The number of fused-ring (bicyclic) bond motifs is 2. The lowest BCUT2D eigenvalue weighted by Crippen LogP contribution is -2.36. The van der Waals surface area contributed by atoms with Crippen LogP contribution in [0.3, 0.4) is 0 Å².